The molecule has 30 heavy (non-hydrogen) atoms. The Kier molecular flexibility index (Phi) is 7.42. The van der Waals surface area contributed by atoms with Gasteiger partial charge in [0.15, 0.2) is 11.0 Å². The van der Waals surface area contributed by atoms with Crippen LogP contribution in [-0.2, 0) is 6.54 Å². The zero-order valence-electron chi connectivity index (χ0n) is 17.1. The van der Waals surface area contributed by atoms with Gasteiger partial charge in [-0.15, -0.1) is 10.2 Å². The fourth-order valence-electron chi connectivity index (χ4n) is 2.70. The summed E-state index contributed by atoms with van der Waals surface area (Å²) in [6.07, 6.45) is 0. The van der Waals surface area contributed by atoms with Gasteiger partial charge in [0, 0.05) is 23.9 Å². The van der Waals surface area contributed by atoms with Crippen molar-refractivity contribution in [1.29, 1.82) is 0 Å². The second kappa shape index (κ2) is 10.2. The molecule has 0 aliphatic carbocycles. The highest BCUT2D eigenvalue weighted by molar-refractivity contribution is 7.99. The van der Waals surface area contributed by atoms with Crippen LogP contribution in [0.1, 0.15) is 16.2 Å². The SMILES string of the molecule is COc1cccc(-n2c(CNC(=O)c3ccc(F)cc3)nnc2SCCN(C)C)c1. The maximum Gasteiger partial charge on any atom is 0.251 e. The van der Waals surface area contributed by atoms with Crippen LogP contribution in [0.2, 0.25) is 0 Å². The van der Waals surface area contributed by atoms with E-state index < -0.39 is 0 Å². The summed E-state index contributed by atoms with van der Waals surface area (Å²) in [5, 5.41) is 12.2. The summed E-state index contributed by atoms with van der Waals surface area (Å²) in [6, 6.07) is 13.0. The number of amides is 1. The molecule has 0 unspecified atom stereocenters. The summed E-state index contributed by atoms with van der Waals surface area (Å²) in [4.78, 5) is 14.5. The summed E-state index contributed by atoms with van der Waals surface area (Å²) in [7, 11) is 5.65. The predicted octanol–water partition coefficient (Wildman–Crippen LogP) is 3.00. The summed E-state index contributed by atoms with van der Waals surface area (Å²) in [5.74, 6) is 1.45. The van der Waals surface area contributed by atoms with Gasteiger partial charge in [-0.2, -0.15) is 0 Å². The van der Waals surface area contributed by atoms with Crippen LogP contribution in [0.5, 0.6) is 5.75 Å². The summed E-state index contributed by atoms with van der Waals surface area (Å²) in [5.41, 5.74) is 1.22. The number of hydrogen-bond donors (Lipinski definition) is 1. The molecule has 0 fully saturated rings. The monoisotopic (exact) mass is 429 g/mol. The topological polar surface area (TPSA) is 72.3 Å². The molecule has 3 rings (SSSR count). The van der Waals surface area contributed by atoms with Gasteiger partial charge in [-0.3, -0.25) is 9.36 Å². The number of nitrogens with zero attached hydrogens (tertiary/aromatic N) is 4. The van der Waals surface area contributed by atoms with E-state index in [2.05, 4.69) is 20.4 Å². The Morgan fingerprint density at radius 3 is 2.67 bits per heavy atom. The van der Waals surface area contributed by atoms with Gasteiger partial charge in [-0.1, -0.05) is 17.8 Å². The quantitative estimate of drug-likeness (QED) is 0.527. The Labute approximate surface area is 179 Å². The first kappa shape index (κ1) is 21.8. The van der Waals surface area contributed by atoms with Crippen LogP contribution in [0.25, 0.3) is 5.69 Å². The van der Waals surface area contributed by atoms with Gasteiger partial charge in [0.2, 0.25) is 0 Å². The molecular formula is C21H24FN5O2S. The third-order valence-electron chi connectivity index (χ3n) is 4.30. The van der Waals surface area contributed by atoms with Gasteiger partial charge in [-0.25, -0.2) is 4.39 Å². The number of benzene rings is 2. The largest absolute Gasteiger partial charge is 0.497 e. The zero-order valence-corrected chi connectivity index (χ0v) is 17.9. The van der Waals surface area contributed by atoms with Crippen LogP contribution >= 0.6 is 11.8 Å². The molecule has 0 aliphatic heterocycles. The van der Waals surface area contributed by atoms with E-state index in [0.29, 0.717) is 17.1 Å². The van der Waals surface area contributed by atoms with Crippen LogP contribution in [0.4, 0.5) is 4.39 Å². The van der Waals surface area contributed by atoms with Gasteiger partial charge in [-0.05, 0) is 50.5 Å². The molecule has 1 amide bonds. The lowest BCUT2D eigenvalue weighted by atomic mass is 10.2. The summed E-state index contributed by atoms with van der Waals surface area (Å²) < 4.78 is 20.3. The molecule has 158 valence electrons. The van der Waals surface area contributed by atoms with Crippen LogP contribution in [0.3, 0.4) is 0 Å². The minimum absolute atomic E-state index is 0.175. The van der Waals surface area contributed by atoms with Crippen molar-refractivity contribution in [1.82, 2.24) is 25.0 Å². The van der Waals surface area contributed by atoms with E-state index in [4.69, 9.17) is 4.74 Å². The van der Waals surface area contributed by atoms with Crippen molar-refractivity contribution in [3.63, 3.8) is 0 Å². The van der Waals surface area contributed by atoms with Crippen LogP contribution < -0.4 is 10.1 Å². The number of nitrogens with one attached hydrogen (secondary N) is 1. The maximum absolute atomic E-state index is 13.1. The first-order valence-corrected chi connectivity index (χ1v) is 10.4. The van der Waals surface area contributed by atoms with E-state index in [-0.39, 0.29) is 18.3 Å². The third kappa shape index (κ3) is 5.58. The molecule has 1 N–H and O–H groups in total. The number of methoxy groups -OCH3 is 1. The van der Waals surface area contributed by atoms with Crippen molar-refractivity contribution in [3.8, 4) is 11.4 Å². The lowest BCUT2D eigenvalue weighted by molar-refractivity contribution is 0.0949. The Balaban J connectivity index is 1.82. The van der Waals surface area contributed by atoms with Gasteiger partial charge in [0.25, 0.3) is 5.91 Å². The molecule has 2 aromatic carbocycles. The van der Waals surface area contributed by atoms with E-state index in [1.807, 2.05) is 42.9 Å². The second-order valence-corrected chi connectivity index (χ2v) is 7.84. The maximum atomic E-state index is 13.1. The van der Waals surface area contributed by atoms with Gasteiger partial charge < -0.3 is 15.0 Å². The molecule has 0 radical (unpaired) electrons. The minimum atomic E-state index is -0.385. The standard InChI is InChI=1S/C21H24FN5O2S/c1-26(2)11-12-30-21-25-24-19(27(21)17-5-4-6-18(13-17)29-3)14-23-20(28)15-7-9-16(22)10-8-15/h4-10,13H,11-12,14H2,1-3H3,(H,23,28). The highest BCUT2D eigenvalue weighted by Gasteiger charge is 2.16. The lowest BCUT2D eigenvalue weighted by Gasteiger charge is -2.13. The Morgan fingerprint density at radius 2 is 1.97 bits per heavy atom. The first-order valence-electron chi connectivity index (χ1n) is 9.38. The number of carbonyl (C=O) groups excluding carboxylic acids is 1. The lowest BCUT2D eigenvalue weighted by Crippen LogP contribution is -2.24. The normalized spacial score (nSPS) is 11.0. The highest BCUT2D eigenvalue weighted by atomic mass is 32.2. The van der Waals surface area contributed by atoms with E-state index in [1.165, 1.54) is 24.3 Å². The Morgan fingerprint density at radius 1 is 1.20 bits per heavy atom. The van der Waals surface area contributed by atoms with Crippen molar-refractivity contribution < 1.29 is 13.9 Å². The molecule has 0 atom stereocenters. The van der Waals surface area contributed by atoms with Crippen molar-refractivity contribution in [2.24, 2.45) is 0 Å². The number of rotatable bonds is 9. The first-order chi connectivity index (χ1) is 14.5. The molecule has 0 bridgehead atoms. The van der Waals surface area contributed by atoms with Gasteiger partial charge in [0.1, 0.15) is 11.6 Å². The Hall–Kier alpha value is -2.91. The molecule has 0 spiro atoms. The van der Waals surface area contributed by atoms with Crippen molar-refractivity contribution in [2.75, 3.05) is 33.5 Å². The number of hydrogen-bond acceptors (Lipinski definition) is 6. The fourth-order valence-corrected chi connectivity index (χ4v) is 3.78. The number of carbonyl (C=O) groups is 1. The molecule has 0 saturated heterocycles. The van der Waals surface area contributed by atoms with Gasteiger partial charge in [0.05, 0.1) is 19.3 Å². The van der Waals surface area contributed by atoms with Crippen LogP contribution in [-0.4, -0.2) is 59.1 Å². The molecule has 0 saturated carbocycles. The second-order valence-electron chi connectivity index (χ2n) is 6.78. The summed E-state index contributed by atoms with van der Waals surface area (Å²) in [6.45, 7) is 1.07. The molecule has 7 nitrogen and oxygen atoms in total. The van der Waals surface area contributed by atoms with Crippen molar-refractivity contribution >= 4 is 17.7 Å². The Bertz CT molecular complexity index is 991. The summed E-state index contributed by atoms with van der Waals surface area (Å²) >= 11 is 1.59. The van der Waals surface area contributed by atoms with E-state index in [1.54, 1.807) is 18.9 Å². The third-order valence-corrected chi connectivity index (χ3v) is 5.20. The van der Waals surface area contributed by atoms with Crippen LogP contribution in [0.15, 0.2) is 53.7 Å². The molecular weight excluding hydrogens is 405 g/mol. The molecule has 9 heteroatoms. The number of aromatic nitrogens is 3. The molecule has 3 aromatic rings. The van der Waals surface area contributed by atoms with Gasteiger partial charge >= 0.3 is 0 Å². The predicted molar refractivity (Wildman–Crippen MR) is 115 cm³/mol. The average Bonchev–Trinajstić information content (AvgIpc) is 3.15. The average molecular weight is 430 g/mol. The number of ether oxygens (including phenoxy) is 1. The van der Waals surface area contributed by atoms with E-state index >= 15 is 0 Å². The van der Waals surface area contributed by atoms with E-state index in [9.17, 15) is 9.18 Å². The highest BCUT2D eigenvalue weighted by Crippen LogP contribution is 2.24. The van der Waals surface area contributed by atoms with E-state index in [0.717, 1.165) is 23.1 Å². The van der Waals surface area contributed by atoms with Crippen molar-refractivity contribution in [3.05, 3.63) is 65.7 Å². The minimum Gasteiger partial charge on any atom is -0.497 e. The number of halogens is 1. The smallest absolute Gasteiger partial charge is 0.251 e. The molecule has 1 heterocycles. The fraction of sp³-hybridized carbons (Fsp3) is 0.286. The zero-order chi connectivity index (χ0) is 21.5. The number of thioether (sulfide) groups is 1. The van der Waals surface area contributed by atoms with Crippen LogP contribution in [0, 0.1) is 5.82 Å². The van der Waals surface area contributed by atoms with Crippen molar-refractivity contribution in [2.45, 2.75) is 11.7 Å². The molecule has 0 aliphatic rings. The molecule has 1 aromatic heterocycles.